The van der Waals surface area contributed by atoms with Gasteiger partial charge in [-0.3, -0.25) is 4.57 Å². The van der Waals surface area contributed by atoms with E-state index in [1.165, 1.54) is 6.07 Å². The maximum absolute atomic E-state index is 13.6. The van der Waals surface area contributed by atoms with Gasteiger partial charge in [0.2, 0.25) is 0 Å². The van der Waals surface area contributed by atoms with Gasteiger partial charge in [-0.05, 0) is 65.3 Å². The van der Waals surface area contributed by atoms with Gasteiger partial charge in [0.15, 0.2) is 4.77 Å². The van der Waals surface area contributed by atoms with Crippen molar-refractivity contribution in [3.8, 4) is 5.69 Å². The van der Waals surface area contributed by atoms with Gasteiger partial charge in [0.1, 0.15) is 5.82 Å². The molecule has 21 heavy (non-hydrogen) atoms. The Morgan fingerprint density at radius 2 is 1.95 bits per heavy atom. The van der Waals surface area contributed by atoms with Crippen molar-refractivity contribution in [3.63, 3.8) is 0 Å². The molecule has 0 spiro atoms. The minimum absolute atomic E-state index is 0.0751. The molecule has 3 aromatic rings. The van der Waals surface area contributed by atoms with Crippen LogP contribution in [-0.4, -0.2) is 9.55 Å². The van der Waals surface area contributed by atoms with E-state index < -0.39 is 5.82 Å². The summed E-state index contributed by atoms with van der Waals surface area (Å²) in [4.78, 5) is 3.02. The fourth-order valence-electron chi connectivity index (χ4n) is 2.52. The molecule has 0 aliphatic rings. The zero-order valence-corrected chi connectivity index (χ0v) is 14.5. The average Bonchev–Trinajstić information content (AvgIpc) is 2.66. The number of hydrogen-bond acceptors (Lipinski definition) is 1. The van der Waals surface area contributed by atoms with Gasteiger partial charge in [0, 0.05) is 10.5 Å². The van der Waals surface area contributed by atoms with Crippen LogP contribution in [0.1, 0.15) is 11.1 Å². The Kier molecular flexibility index (Phi) is 3.67. The quantitative estimate of drug-likeness (QED) is 0.520. The maximum Gasteiger partial charge on any atom is 0.182 e. The number of halogens is 3. The summed E-state index contributed by atoms with van der Waals surface area (Å²) in [6, 6.07) is 7.05. The summed E-state index contributed by atoms with van der Waals surface area (Å²) in [6.07, 6.45) is 0. The third-order valence-electron chi connectivity index (χ3n) is 3.35. The molecule has 2 nitrogen and oxygen atoms in total. The Labute approximate surface area is 139 Å². The average molecular weight is 386 g/mol. The smallest absolute Gasteiger partial charge is 0.182 e. The molecule has 3 rings (SSSR count). The van der Waals surface area contributed by atoms with Crippen LogP contribution < -0.4 is 0 Å². The highest BCUT2D eigenvalue weighted by Gasteiger charge is 2.14. The van der Waals surface area contributed by atoms with Crippen molar-refractivity contribution in [2.75, 3.05) is 0 Å². The highest BCUT2D eigenvalue weighted by atomic mass is 79.9. The molecule has 1 heterocycles. The lowest BCUT2D eigenvalue weighted by Gasteiger charge is -2.12. The van der Waals surface area contributed by atoms with Gasteiger partial charge in [-0.25, -0.2) is 4.39 Å². The number of nitrogens with zero attached hydrogens (tertiary/aromatic N) is 1. The molecule has 0 radical (unpaired) electrons. The van der Waals surface area contributed by atoms with Gasteiger partial charge in [-0.2, -0.15) is 0 Å². The van der Waals surface area contributed by atoms with E-state index in [-0.39, 0.29) is 5.02 Å². The standard InChI is InChI=1S/C15H11BrClFN2S/c1-7-3-8(2)14(9(16)4-7)20-13-5-10(17)11(18)6-12(13)19-15(20)21/h3-6H,1-2H3,(H,19,21). The lowest BCUT2D eigenvalue weighted by molar-refractivity contribution is 0.630. The lowest BCUT2D eigenvalue weighted by atomic mass is 10.1. The SMILES string of the molecule is Cc1cc(C)c(-n2c(=S)[nH]c3cc(F)c(Cl)cc32)c(Br)c1. The number of imidazole rings is 1. The minimum Gasteiger partial charge on any atom is -0.330 e. The van der Waals surface area contributed by atoms with Crippen LogP contribution in [0.3, 0.4) is 0 Å². The Bertz CT molecular complexity index is 906. The molecule has 1 aromatic heterocycles. The molecule has 1 N–H and O–H groups in total. The fourth-order valence-corrected chi connectivity index (χ4v) is 3.82. The highest BCUT2D eigenvalue weighted by Crippen LogP contribution is 2.31. The number of hydrogen-bond donors (Lipinski definition) is 1. The maximum atomic E-state index is 13.6. The van der Waals surface area contributed by atoms with Gasteiger partial charge in [0.05, 0.1) is 21.7 Å². The van der Waals surface area contributed by atoms with E-state index >= 15 is 0 Å². The number of aromatic nitrogens is 2. The zero-order chi connectivity index (χ0) is 15.3. The van der Waals surface area contributed by atoms with Crippen LogP contribution in [-0.2, 0) is 0 Å². The molecule has 2 aromatic carbocycles. The van der Waals surface area contributed by atoms with Crippen molar-refractivity contribution in [2.24, 2.45) is 0 Å². The molecule has 0 atom stereocenters. The molecule has 0 saturated carbocycles. The number of aromatic amines is 1. The molecule has 0 aliphatic carbocycles. The van der Waals surface area contributed by atoms with E-state index in [0.29, 0.717) is 10.3 Å². The third kappa shape index (κ3) is 2.43. The molecule has 0 fully saturated rings. The van der Waals surface area contributed by atoms with Crippen molar-refractivity contribution in [1.82, 2.24) is 9.55 Å². The normalized spacial score (nSPS) is 11.3. The van der Waals surface area contributed by atoms with E-state index in [1.807, 2.05) is 24.5 Å². The van der Waals surface area contributed by atoms with Crippen LogP contribution in [0.4, 0.5) is 4.39 Å². The van der Waals surface area contributed by atoms with Crippen molar-refractivity contribution < 1.29 is 4.39 Å². The molecule has 0 saturated heterocycles. The third-order valence-corrected chi connectivity index (χ3v) is 4.52. The summed E-state index contributed by atoms with van der Waals surface area (Å²) in [5.41, 5.74) is 4.52. The second-order valence-electron chi connectivity index (χ2n) is 4.96. The van der Waals surface area contributed by atoms with Crippen molar-refractivity contribution in [1.29, 1.82) is 0 Å². The molecule has 0 aliphatic heterocycles. The second-order valence-corrected chi connectivity index (χ2v) is 6.61. The summed E-state index contributed by atoms with van der Waals surface area (Å²) < 4.78 is 16.9. The molecule has 0 bridgehead atoms. The molecule has 0 unspecified atom stereocenters. The summed E-state index contributed by atoms with van der Waals surface area (Å²) in [5.74, 6) is -0.465. The van der Waals surface area contributed by atoms with E-state index in [1.54, 1.807) is 6.07 Å². The molecule has 0 amide bonds. The highest BCUT2D eigenvalue weighted by molar-refractivity contribution is 9.10. The number of fused-ring (bicyclic) bond motifs is 1. The zero-order valence-electron chi connectivity index (χ0n) is 11.3. The van der Waals surface area contributed by atoms with Crippen molar-refractivity contribution >= 4 is 50.8 Å². The Hall–Kier alpha value is -1.17. The summed E-state index contributed by atoms with van der Waals surface area (Å²) in [7, 11) is 0. The number of benzene rings is 2. The first-order chi connectivity index (χ1) is 9.88. The van der Waals surface area contributed by atoms with Crippen LogP contribution in [0.25, 0.3) is 16.7 Å². The van der Waals surface area contributed by atoms with Crippen molar-refractivity contribution in [3.05, 3.63) is 55.5 Å². The first-order valence-electron chi connectivity index (χ1n) is 6.25. The van der Waals surface area contributed by atoms with Gasteiger partial charge in [-0.15, -0.1) is 0 Å². The van der Waals surface area contributed by atoms with Crippen LogP contribution in [0.5, 0.6) is 0 Å². The molecule has 108 valence electrons. The molecule has 6 heteroatoms. The first-order valence-corrected chi connectivity index (χ1v) is 7.83. The largest absolute Gasteiger partial charge is 0.330 e. The van der Waals surface area contributed by atoms with Crippen LogP contribution in [0, 0.1) is 24.4 Å². The number of aryl methyl sites for hydroxylation is 2. The molecular formula is C15H11BrClFN2S. The topological polar surface area (TPSA) is 20.7 Å². The first kappa shape index (κ1) is 14.8. The summed E-state index contributed by atoms with van der Waals surface area (Å²) in [6.45, 7) is 4.04. The number of nitrogens with one attached hydrogen (secondary N) is 1. The Morgan fingerprint density at radius 3 is 2.62 bits per heavy atom. The van der Waals surface area contributed by atoms with Crippen LogP contribution in [0.2, 0.25) is 5.02 Å². The minimum atomic E-state index is -0.465. The Morgan fingerprint density at radius 1 is 1.24 bits per heavy atom. The fraction of sp³-hybridized carbons (Fsp3) is 0.133. The predicted octanol–water partition coefficient (Wildman–Crippen LogP) is 5.86. The predicted molar refractivity (Wildman–Crippen MR) is 90.6 cm³/mol. The van der Waals surface area contributed by atoms with E-state index in [2.05, 4.69) is 27.0 Å². The summed E-state index contributed by atoms with van der Waals surface area (Å²) in [5, 5.41) is 0.0751. The number of H-pyrrole nitrogens is 1. The second kappa shape index (κ2) is 5.23. The van der Waals surface area contributed by atoms with E-state index in [0.717, 1.165) is 26.8 Å². The van der Waals surface area contributed by atoms with Crippen LogP contribution in [0.15, 0.2) is 28.7 Å². The van der Waals surface area contributed by atoms with E-state index in [9.17, 15) is 4.39 Å². The monoisotopic (exact) mass is 384 g/mol. The molecular weight excluding hydrogens is 375 g/mol. The van der Waals surface area contributed by atoms with E-state index in [4.69, 9.17) is 23.8 Å². The van der Waals surface area contributed by atoms with Gasteiger partial charge >= 0.3 is 0 Å². The summed E-state index contributed by atoms with van der Waals surface area (Å²) >= 11 is 14.9. The van der Waals surface area contributed by atoms with Crippen LogP contribution >= 0.6 is 39.7 Å². The number of rotatable bonds is 1. The van der Waals surface area contributed by atoms with Gasteiger partial charge in [0.25, 0.3) is 0 Å². The Balaban J connectivity index is 2.44. The lowest BCUT2D eigenvalue weighted by Crippen LogP contribution is -1.99. The van der Waals surface area contributed by atoms with Crippen molar-refractivity contribution in [2.45, 2.75) is 13.8 Å². The van der Waals surface area contributed by atoms with Gasteiger partial charge in [-0.1, -0.05) is 17.7 Å². The van der Waals surface area contributed by atoms with Gasteiger partial charge < -0.3 is 4.98 Å².